The van der Waals surface area contributed by atoms with E-state index in [4.69, 9.17) is 4.74 Å². The Morgan fingerprint density at radius 2 is 1.67 bits per heavy atom. The van der Waals surface area contributed by atoms with E-state index in [1.54, 1.807) is 26.2 Å². The first kappa shape index (κ1) is 17.8. The Hall–Kier alpha value is -2.54. The number of hydrogen-bond donors (Lipinski definition) is 2. The molecule has 6 nitrogen and oxygen atoms in total. The highest BCUT2D eigenvalue weighted by atomic mass is 32.2. The van der Waals surface area contributed by atoms with E-state index in [-0.39, 0.29) is 16.7 Å². The number of rotatable bonds is 6. The van der Waals surface area contributed by atoms with Gasteiger partial charge in [0.15, 0.2) is 9.84 Å². The number of urea groups is 1. The fraction of sp³-hybridized carbons (Fsp3) is 0.235. The molecule has 0 heterocycles. The second-order valence-corrected chi connectivity index (χ2v) is 7.36. The van der Waals surface area contributed by atoms with E-state index in [1.165, 1.54) is 12.1 Å². The van der Waals surface area contributed by atoms with Crippen molar-refractivity contribution in [2.75, 3.05) is 18.2 Å². The van der Waals surface area contributed by atoms with Gasteiger partial charge in [-0.15, -0.1) is 0 Å². The zero-order valence-corrected chi connectivity index (χ0v) is 14.4. The van der Waals surface area contributed by atoms with E-state index in [1.807, 2.05) is 24.3 Å². The Balaban J connectivity index is 1.90. The lowest BCUT2D eigenvalue weighted by Crippen LogP contribution is -2.28. The molecule has 0 aliphatic rings. The first-order valence-corrected chi connectivity index (χ1v) is 9.10. The number of carbonyl (C=O) groups is 1. The minimum Gasteiger partial charge on any atom is -0.497 e. The summed E-state index contributed by atoms with van der Waals surface area (Å²) in [6.07, 6.45) is 0. The van der Waals surface area contributed by atoms with Gasteiger partial charge in [0, 0.05) is 12.2 Å². The van der Waals surface area contributed by atoms with Crippen LogP contribution in [0.1, 0.15) is 12.5 Å². The van der Waals surface area contributed by atoms with E-state index < -0.39 is 9.84 Å². The third-order valence-electron chi connectivity index (χ3n) is 3.46. The molecule has 0 saturated heterocycles. The maximum absolute atomic E-state index is 11.9. The van der Waals surface area contributed by atoms with Gasteiger partial charge in [-0.05, 0) is 42.0 Å². The average Bonchev–Trinajstić information content (AvgIpc) is 2.61. The molecule has 0 aliphatic heterocycles. The topological polar surface area (TPSA) is 84.5 Å². The second-order valence-electron chi connectivity index (χ2n) is 5.08. The normalized spacial score (nSPS) is 10.9. The van der Waals surface area contributed by atoms with E-state index in [0.717, 1.165) is 11.3 Å². The Kier molecular flexibility index (Phi) is 5.81. The fourth-order valence-corrected chi connectivity index (χ4v) is 2.90. The predicted molar refractivity (Wildman–Crippen MR) is 93.0 cm³/mol. The molecular weight excluding hydrogens is 328 g/mol. The van der Waals surface area contributed by atoms with E-state index in [2.05, 4.69) is 10.6 Å². The maximum Gasteiger partial charge on any atom is 0.319 e. The number of amides is 2. The third-order valence-corrected chi connectivity index (χ3v) is 5.21. The summed E-state index contributed by atoms with van der Waals surface area (Å²) in [6, 6.07) is 13.1. The summed E-state index contributed by atoms with van der Waals surface area (Å²) in [5.74, 6) is 0.799. The van der Waals surface area contributed by atoms with Crippen LogP contribution in [0, 0.1) is 0 Å². The number of ether oxygens (including phenoxy) is 1. The lowest BCUT2D eigenvalue weighted by Gasteiger charge is -2.09. The minimum atomic E-state index is -3.23. The second kappa shape index (κ2) is 7.83. The molecule has 128 valence electrons. The largest absolute Gasteiger partial charge is 0.497 e. The van der Waals surface area contributed by atoms with Crippen LogP contribution in [0.5, 0.6) is 5.75 Å². The van der Waals surface area contributed by atoms with Crippen molar-refractivity contribution in [2.45, 2.75) is 18.4 Å². The van der Waals surface area contributed by atoms with Crippen molar-refractivity contribution in [1.29, 1.82) is 0 Å². The zero-order chi connectivity index (χ0) is 17.6. The average molecular weight is 348 g/mol. The number of methoxy groups -OCH3 is 1. The van der Waals surface area contributed by atoms with Crippen LogP contribution in [0.2, 0.25) is 0 Å². The molecule has 24 heavy (non-hydrogen) atoms. The molecule has 0 atom stereocenters. The van der Waals surface area contributed by atoms with E-state index in [0.29, 0.717) is 12.2 Å². The molecule has 0 saturated carbocycles. The summed E-state index contributed by atoms with van der Waals surface area (Å²) in [5, 5.41) is 5.39. The molecule has 2 aromatic rings. The molecule has 0 aromatic heterocycles. The van der Waals surface area contributed by atoms with Crippen LogP contribution in [0.4, 0.5) is 10.5 Å². The summed E-state index contributed by atoms with van der Waals surface area (Å²) < 4.78 is 28.5. The number of nitrogens with one attached hydrogen (secondary N) is 2. The molecule has 7 heteroatoms. The highest BCUT2D eigenvalue weighted by molar-refractivity contribution is 7.91. The molecule has 0 bridgehead atoms. The first-order chi connectivity index (χ1) is 11.4. The number of benzene rings is 2. The third kappa shape index (κ3) is 4.73. The SMILES string of the molecule is CCS(=O)(=O)c1ccc(NC(=O)NCc2ccc(OC)cc2)cc1. The van der Waals surface area contributed by atoms with Crippen LogP contribution in [-0.2, 0) is 16.4 Å². The van der Waals surface area contributed by atoms with Crippen LogP contribution < -0.4 is 15.4 Å². The lowest BCUT2D eigenvalue weighted by molar-refractivity contribution is 0.251. The summed E-state index contributed by atoms with van der Waals surface area (Å²) in [6.45, 7) is 1.96. The van der Waals surface area contributed by atoms with Gasteiger partial charge in [-0.1, -0.05) is 19.1 Å². The first-order valence-electron chi connectivity index (χ1n) is 7.45. The van der Waals surface area contributed by atoms with Crippen molar-refractivity contribution in [1.82, 2.24) is 5.32 Å². The van der Waals surface area contributed by atoms with Crippen LogP contribution in [-0.4, -0.2) is 27.3 Å². The predicted octanol–water partition coefficient (Wildman–Crippen LogP) is 2.81. The zero-order valence-electron chi connectivity index (χ0n) is 13.6. The summed E-state index contributed by atoms with van der Waals surface area (Å²) in [5.41, 5.74) is 1.47. The van der Waals surface area contributed by atoms with Gasteiger partial charge >= 0.3 is 6.03 Å². The molecule has 0 unspecified atom stereocenters. The Labute approximate surface area is 141 Å². The van der Waals surface area contributed by atoms with Crippen LogP contribution in [0.25, 0.3) is 0 Å². The van der Waals surface area contributed by atoms with Gasteiger partial charge in [0.25, 0.3) is 0 Å². The highest BCUT2D eigenvalue weighted by Crippen LogP contribution is 2.15. The summed E-state index contributed by atoms with van der Waals surface area (Å²) in [7, 11) is -1.64. The van der Waals surface area contributed by atoms with Crippen molar-refractivity contribution >= 4 is 21.6 Å². The maximum atomic E-state index is 11.9. The standard InChI is InChI=1S/C17H20N2O4S/c1-3-24(21,22)16-10-6-14(7-11-16)19-17(20)18-12-13-4-8-15(23-2)9-5-13/h4-11H,3,12H2,1-2H3,(H2,18,19,20). The number of sulfone groups is 1. The van der Waals surface area contributed by atoms with Gasteiger partial charge in [-0.2, -0.15) is 0 Å². The minimum absolute atomic E-state index is 0.0438. The van der Waals surface area contributed by atoms with Crippen molar-refractivity contribution < 1.29 is 17.9 Å². The highest BCUT2D eigenvalue weighted by Gasteiger charge is 2.11. The molecule has 0 fully saturated rings. The monoisotopic (exact) mass is 348 g/mol. The Morgan fingerprint density at radius 1 is 1.04 bits per heavy atom. The summed E-state index contributed by atoms with van der Waals surface area (Å²) in [4.78, 5) is 12.1. The van der Waals surface area contributed by atoms with E-state index in [9.17, 15) is 13.2 Å². The fourth-order valence-electron chi connectivity index (χ4n) is 2.01. The number of anilines is 1. The molecule has 0 spiro atoms. The molecule has 2 aromatic carbocycles. The Morgan fingerprint density at radius 3 is 2.21 bits per heavy atom. The van der Waals surface area contributed by atoms with Gasteiger partial charge in [-0.3, -0.25) is 0 Å². The smallest absolute Gasteiger partial charge is 0.319 e. The van der Waals surface area contributed by atoms with Gasteiger partial charge in [0.05, 0.1) is 17.8 Å². The van der Waals surface area contributed by atoms with Crippen molar-refractivity contribution in [2.24, 2.45) is 0 Å². The van der Waals surface area contributed by atoms with Gasteiger partial charge in [0.2, 0.25) is 0 Å². The lowest BCUT2D eigenvalue weighted by atomic mass is 10.2. The molecule has 2 N–H and O–H groups in total. The quantitative estimate of drug-likeness (QED) is 0.841. The number of carbonyl (C=O) groups excluding carboxylic acids is 1. The van der Waals surface area contributed by atoms with Crippen molar-refractivity contribution in [3.63, 3.8) is 0 Å². The van der Waals surface area contributed by atoms with Gasteiger partial charge in [-0.25, -0.2) is 13.2 Å². The van der Waals surface area contributed by atoms with Crippen LogP contribution in [0.3, 0.4) is 0 Å². The van der Waals surface area contributed by atoms with Gasteiger partial charge < -0.3 is 15.4 Å². The molecule has 2 rings (SSSR count). The molecule has 0 aliphatic carbocycles. The Bertz CT molecular complexity index is 784. The molecule has 2 amide bonds. The van der Waals surface area contributed by atoms with Crippen molar-refractivity contribution in [3.8, 4) is 5.75 Å². The van der Waals surface area contributed by atoms with Crippen LogP contribution in [0.15, 0.2) is 53.4 Å². The van der Waals surface area contributed by atoms with Gasteiger partial charge in [0.1, 0.15) is 5.75 Å². The molecular formula is C17H20N2O4S. The molecule has 0 radical (unpaired) electrons. The van der Waals surface area contributed by atoms with Crippen molar-refractivity contribution in [3.05, 3.63) is 54.1 Å². The number of hydrogen-bond acceptors (Lipinski definition) is 4. The van der Waals surface area contributed by atoms with E-state index >= 15 is 0 Å². The van der Waals surface area contributed by atoms with Crippen LogP contribution >= 0.6 is 0 Å². The summed E-state index contributed by atoms with van der Waals surface area (Å²) >= 11 is 0.